The van der Waals surface area contributed by atoms with Gasteiger partial charge in [0.25, 0.3) is 0 Å². The third-order valence-corrected chi connectivity index (χ3v) is 4.59. The molecule has 0 saturated carbocycles. The number of thiophene rings is 1. The predicted octanol–water partition coefficient (Wildman–Crippen LogP) is 2.38. The molecule has 1 aliphatic rings. The summed E-state index contributed by atoms with van der Waals surface area (Å²) >= 11 is 3.08. The molecule has 0 radical (unpaired) electrons. The van der Waals surface area contributed by atoms with Gasteiger partial charge in [-0.25, -0.2) is 0 Å². The zero-order valence-electron chi connectivity index (χ0n) is 7.60. The Balaban J connectivity index is 2.13. The van der Waals surface area contributed by atoms with Crippen molar-refractivity contribution >= 4 is 28.1 Å². The zero-order chi connectivity index (χ0) is 10.1. The highest BCUT2D eigenvalue weighted by Crippen LogP contribution is 2.39. The van der Waals surface area contributed by atoms with E-state index in [9.17, 15) is 10.1 Å². The number of nitro groups is 1. The molecular weight excluding hydrogens is 220 g/mol. The normalized spacial score (nSPS) is 26.6. The fraction of sp³-hybridized carbons (Fsp3) is 0.500. The van der Waals surface area contributed by atoms with Crippen LogP contribution in [0, 0.1) is 10.1 Å². The fourth-order valence-corrected chi connectivity index (χ4v) is 3.50. The van der Waals surface area contributed by atoms with E-state index in [0.29, 0.717) is 5.25 Å². The van der Waals surface area contributed by atoms with Crippen LogP contribution in [-0.2, 0) is 0 Å². The summed E-state index contributed by atoms with van der Waals surface area (Å²) in [5.74, 6) is 0. The van der Waals surface area contributed by atoms with Gasteiger partial charge >= 0.3 is 5.00 Å². The maximum atomic E-state index is 10.5. The van der Waals surface area contributed by atoms with Gasteiger partial charge in [0.15, 0.2) is 0 Å². The number of hydrogen-bond acceptors (Lipinski definition) is 5. The molecule has 2 unspecified atom stereocenters. The van der Waals surface area contributed by atoms with Gasteiger partial charge < -0.3 is 0 Å². The summed E-state index contributed by atoms with van der Waals surface area (Å²) in [5.41, 5.74) is 0. The first-order valence-electron chi connectivity index (χ1n) is 4.30. The van der Waals surface area contributed by atoms with Gasteiger partial charge in [-0.15, -0.1) is 11.8 Å². The van der Waals surface area contributed by atoms with Crippen LogP contribution in [0.5, 0.6) is 0 Å². The molecule has 2 atom stereocenters. The SMILES string of the molecule is CC1CNC(c2ccc([N+](=O)[O-])s2)S1. The third-order valence-electron chi connectivity index (χ3n) is 2.01. The molecule has 1 N–H and O–H groups in total. The summed E-state index contributed by atoms with van der Waals surface area (Å²) in [7, 11) is 0. The molecule has 2 rings (SSSR count). The van der Waals surface area contributed by atoms with Crippen molar-refractivity contribution in [3.63, 3.8) is 0 Å². The Morgan fingerprint density at radius 2 is 2.43 bits per heavy atom. The summed E-state index contributed by atoms with van der Waals surface area (Å²) in [4.78, 5) is 11.2. The number of hydrogen-bond donors (Lipinski definition) is 1. The van der Waals surface area contributed by atoms with Gasteiger partial charge in [0.2, 0.25) is 0 Å². The fourth-order valence-electron chi connectivity index (χ4n) is 1.35. The van der Waals surface area contributed by atoms with Crippen LogP contribution in [0.2, 0.25) is 0 Å². The zero-order valence-corrected chi connectivity index (χ0v) is 9.23. The van der Waals surface area contributed by atoms with E-state index in [4.69, 9.17) is 0 Å². The molecule has 1 saturated heterocycles. The highest BCUT2D eigenvalue weighted by Gasteiger charge is 2.25. The smallest absolute Gasteiger partial charge is 0.300 e. The Kier molecular flexibility index (Phi) is 2.76. The maximum absolute atomic E-state index is 10.5. The first-order chi connectivity index (χ1) is 6.66. The molecule has 14 heavy (non-hydrogen) atoms. The number of nitrogens with one attached hydrogen (secondary N) is 1. The molecular formula is C8H10N2O2S2. The van der Waals surface area contributed by atoms with Crippen LogP contribution in [0.15, 0.2) is 12.1 Å². The van der Waals surface area contributed by atoms with Gasteiger partial charge in [-0.2, -0.15) is 0 Å². The lowest BCUT2D eigenvalue weighted by Gasteiger charge is -2.04. The number of thioether (sulfide) groups is 1. The summed E-state index contributed by atoms with van der Waals surface area (Å²) in [6.45, 7) is 3.13. The molecule has 76 valence electrons. The van der Waals surface area contributed by atoms with Crippen LogP contribution >= 0.6 is 23.1 Å². The number of rotatable bonds is 2. The monoisotopic (exact) mass is 230 g/mol. The highest BCUT2D eigenvalue weighted by molar-refractivity contribution is 8.00. The quantitative estimate of drug-likeness (QED) is 0.626. The van der Waals surface area contributed by atoms with E-state index in [1.807, 2.05) is 17.8 Å². The van der Waals surface area contributed by atoms with E-state index in [1.165, 1.54) is 11.3 Å². The van der Waals surface area contributed by atoms with E-state index >= 15 is 0 Å². The Labute approximate surface area is 89.9 Å². The van der Waals surface area contributed by atoms with Crippen LogP contribution < -0.4 is 5.32 Å². The lowest BCUT2D eigenvalue weighted by atomic mass is 10.4. The standard InChI is InChI=1S/C8H10N2O2S2/c1-5-4-9-8(13-5)6-2-3-7(14-6)10(11)12/h2-3,5,8-9H,4H2,1H3. The number of nitrogens with zero attached hydrogens (tertiary/aromatic N) is 1. The second kappa shape index (κ2) is 3.88. The minimum absolute atomic E-state index is 0.224. The van der Waals surface area contributed by atoms with E-state index in [2.05, 4.69) is 12.2 Å². The van der Waals surface area contributed by atoms with Gasteiger partial charge in [0, 0.05) is 22.7 Å². The topological polar surface area (TPSA) is 55.2 Å². The van der Waals surface area contributed by atoms with Crippen LogP contribution in [0.25, 0.3) is 0 Å². The van der Waals surface area contributed by atoms with Gasteiger partial charge in [-0.3, -0.25) is 15.4 Å². The maximum Gasteiger partial charge on any atom is 0.324 e. The van der Waals surface area contributed by atoms with Crippen molar-refractivity contribution in [3.8, 4) is 0 Å². The van der Waals surface area contributed by atoms with Crippen molar-refractivity contribution < 1.29 is 4.92 Å². The van der Waals surface area contributed by atoms with Gasteiger partial charge in [-0.05, 0) is 6.07 Å². The van der Waals surface area contributed by atoms with E-state index in [-0.39, 0.29) is 15.3 Å². The molecule has 0 aromatic carbocycles. The summed E-state index contributed by atoms with van der Waals surface area (Å²) in [6.07, 6.45) is 0. The van der Waals surface area contributed by atoms with E-state index in [0.717, 1.165) is 11.4 Å². The van der Waals surface area contributed by atoms with Crippen molar-refractivity contribution in [2.45, 2.75) is 17.5 Å². The lowest BCUT2D eigenvalue weighted by molar-refractivity contribution is -0.380. The van der Waals surface area contributed by atoms with Crippen molar-refractivity contribution in [2.24, 2.45) is 0 Å². The molecule has 0 aliphatic carbocycles. The first kappa shape index (κ1) is 9.95. The first-order valence-corrected chi connectivity index (χ1v) is 6.05. The Morgan fingerprint density at radius 3 is 2.93 bits per heavy atom. The minimum atomic E-state index is -0.336. The molecule has 0 bridgehead atoms. The van der Waals surface area contributed by atoms with Crippen LogP contribution in [0.4, 0.5) is 5.00 Å². The summed E-state index contributed by atoms with van der Waals surface area (Å²) < 4.78 is 0. The van der Waals surface area contributed by atoms with Crippen LogP contribution in [0.3, 0.4) is 0 Å². The molecule has 4 nitrogen and oxygen atoms in total. The average Bonchev–Trinajstić information content (AvgIpc) is 2.70. The van der Waals surface area contributed by atoms with Crippen molar-refractivity contribution in [1.29, 1.82) is 0 Å². The molecule has 1 fully saturated rings. The average molecular weight is 230 g/mol. The molecule has 6 heteroatoms. The molecule has 1 aromatic heterocycles. The second-order valence-electron chi connectivity index (χ2n) is 3.17. The van der Waals surface area contributed by atoms with Gasteiger partial charge in [0.1, 0.15) is 0 Å². The molecule has 0 spiro atoms. The Bertz CT molecular complexity index is 353. The molecule has 2 heterocycles. The van der Waals surface area contributed by atoms with Crippen molar-refractivity contribution in [2.75, 3.05) is 6.54 Å². The van der Waals surface area contributed by atoms with E-state index in [1.54, 1.807) is 6.07 Å². The van der Waals surface area contributed by atoms with Gasteiger partial charge in [-0.1, -0.05) is 18.3 Å². The lowest BCUT2D eigenvalue weighted by Crippen LogP contribution is -2.12. The van der Waals surface area contributed by atoms with Crippen molar-refractivity contribution in [3.05, 3.63) is 27.1 Å². The van der Waals surface area contributed by atoms with Crippen molar-refractivity contribution in [1.82, 2.24) is 5.32 Å². The molecule has 1 aromatic rings. The second-order valence-corrected chi connectivity index (χ2v) is 5.81. The summed E-state index contributed by atoms with van der Waals surface area (Å²) in [5, 5.41) is 14.9. The summed E-state index contributed by atoms with van der Waals surface area (Å²) in [6, 6.07) is 3.41. The highest BCUT2D eigenvalue weighted by atomic mass is 32.2. The minimum Gasteiger partial charge on any atom is -0.300 e. The van der Waals surface area contributed by atoms with Crippen LogP contribution in [0.1, 0.15) is 17.2 Å². The largest absolute Gasteiger partial charge is 0.324 e. The predicted molar refractivity (Wildman–Crippen MR) is 58.8 cm³/mol. The van der Waals surface area contributed by atoms with Gasteiger partial charge in [0.05, 0.1) is 10.3 Å². The van der Waals surface area contributed by atoms with Crippen LogP contribution in [-0.4, -0.2) is 16.7 Å². The molecule has 1 aliphatic heterocycles. The molecule has 0 amide bonds. The Hall–Kier alpha value is -0.590. The third kappa shape index (κ3) is 1.92. The Morgan fingerprint density at radius 1 is 1.64 bits per heavy atom. The van der Waals surface area contributed by atoms with E-state index < -0.39 is 0 Å².